The molecule has 1 fully saturated rings. The molecule has 0 bridgehead atoms. The van der Waals surface area contributed by atoms with E-state index in [-0.39, 0.29) is 17.2 Å². The second-order valence-electron chi connectivity index (χ2n) is 11.9. The first kappa shape index (κ1) is 32.7. The van der Waals surface area contributed by atoms with Crippen molar-refractivity contribution in [1.82, 2.24) is 15.4 Å². The third kappa shape index (κ3) is 7.95. The van der Waals surface area contributed by atoms with Crippen LogP contribution < -0.4 is 25.9 Å². The van der Waals surface area contributed by atoms with Gasteiger partial charge < -0.3 is 20.0 Å². The predicted octanol–water partition coefficient (Wildman–Crippen LogP) is 5.24. The third-order valence-electron chi connectivity index (χ3n) is 8.36. The molecule has 0 atom stereocenters. The number of rotatable bonds is 9. The zero-order valence-electron chi connectivity index (χ0n) is 26.3. The fraction of sp³-hybridized carbons (Fsp3) is 0.343. The molecule has 0 radical (unpaired) electrons. The number of sulfonamides is 1. The van der Waals surface area contributed by atoms with Crippen LogP contribution in [0.4, 0.5) is 10.5 Å². The molecule has 0 aliphatic heterocycles. The summed E-state index contributed by atoms with van der Waals surface area (Å²) in [5.41, 5.74) is 5.87. The standard InChI is InChI=1S/C35H40N4O6S/c1-23-8-5-4-6-9-25-10-7-11-30(25)34(23)37-35(42)38-46(43,44)28-15-12-24(13-16-28)18-19-36-32(40)20-26-21-33(41)45-31-22-27(39(2)3)14-17-29(26)31/h9,12-17,21-22H,1,4-8,10-11,18-20H2,2-3H3,(H,36,40)(H2,37,38,42)/b25-9-,34-30+. The van der Waals surface area contributed by atoms with Crippen molar-refractivity contribution in [2.24, 2.45) is 0 Å². The number of amides is 3. The number of hydrogen-bond acceptors (Lipinski definition) is 7. The first-order chi connectivity index (χ1) is 22.0. The van der Waals surface area contributed by atoms with E-state index in [2.05, 4.69) is 28.0 Å². The van der Waals surface area contributed by atoms with Crippen LogP contribution in [0.25, 0.3) is 11.0 Å². The average molecular weight is 645 g/mol. The summed E-state index contributed by atoms with van der Waals surface area (Å²) in [5, 5.41) is 6.35. The van der Waals surface area contributed by atoms with Crippen molar-refractivity contribution in [2.75, 3.05) is 25.5 Å². The molecule has 10 nitrogen and oxygen atoms in total. The maximum atomic E-state index is 13.0. The van der Waals surface area contributed by atoms with Gasteiger partial charge in [-0.25, -0.2) is 22.7 Å². The zero-order valence-corrected chi connectivity index (χ0v) is 27.1. The Labute approximate surface area is 269 Å². The molecule has 242 valence electrons. The van der Waals surface area contributed by atoms with Gasteiger partial charge in [-0.05, 0) is 103 Å². The molecule has 0 spiro atoms. The normalized spacial score (nSPS) is 18.0. The van der Waals surface area contributed by atoms with Gasteiger partial charge in [0.15, 0.2) is 0 Å². The molecular weight excluding hydrogens is 604 g/mol. The maximum absolute atomic E-state index is 13.0. The molecule has 0 unspecified atom stereocenters. The lowest BCUT2D eigenvalue weighted by atomic mass is 10.0. The van der Waals surface area contributed by atoms with E-state index in [1.165, 1.54) is 23.8 Å². The predicted molar refractivity (Wildman–Crippen MR) is 179 cm³/mol. The largest absolute Gasteiger partial charge is 0.423 e. The quantitative estimate of drug-likeness (QED) is 0.271. The first-order valence-electron chi connectivity index (χ1n) is 15.5. The van der Waals surface area contributed by atoms with E-state index in [1.54, 1.807) is 18.2 Å². The van der Waals surface area contributed by atoms with Crippen molar-refractivity contribution in [3.63, 3.8) is 0 Å². The Balaban J connectivity index is 1.16. The van der Waals surface area contributed by atoms with Gasteiger partial charge in [-0.1, -0.05) is 24.8 Å². The van der Waals surface area contributed by atoms with Gasteiger partial charge in [-0.15, -0.1) is 0 Å². The molecule has 46 heavy (non-hydrogen) atoms. The minimum atomic E-state index is -4.12. The second kappa shape index (κ2) is 14.2. The van der Waals surface area contributed by atoms with Crippen LogP contribution in [0.3, 0.4) is 0 Å². The number of nitrogens with one attached hydrogen (secondary N) is 3. The van der Waals surface area contributed by atoms with Crippen LogP contribution in [0.2, 0.25) is 0 Å². The highest BCUT2D eigenvalue weighted by Crippen LogP contribution is 2.36. The molecule has 1 heterocycles. The summed E-state index contributed by atoms with van der Waals surface area (Å²) in [4.78, 5) is 39.6. The van der Waals surface area contributed by atoms with Gasteiger partial charge in [-0.3, -0.25) is 4.79 Å². The van der Waals surface area contributed by atoms with E-state index in [1.807, 2.05) is 31.1 Å². The summed E-state index contributed by atoms with van der Waals surface area (Å²) < 4.78 is 33.5. The van der Waals surface area contributed by atoms with Crippen LogP contribution in [0.1, 0.15) is 56.1 Å². The van der Waals surface area contributed by atoms with Crippen molar-refractivity contribution in [2.45, 2.75) is 62.7 Å². The Kier molecular flexibility index (Phi) is 10.1. The lowest BCUT2D eigenvalue weighted by Gasteiger charge is -2.17. The average Bonchev–Trinajstić information content (AvgIpc) is 3.48. The SMILES string of the molecule is C=C1CCCC/C=C2/CCC/C2=C/1NC(=O)NS(=O)(=O)c1ccc(CCNC(=O)Cc2cc(=O)oc3cc(N(C)C)ccc23)cc1. The molecule has 1 saturated carbocycles. The molecule has 3 amide bonds. The summed E-state index contributed by atoms with van der Waals surface area (Å²) in [6.07, 6.45) is 9.22. The molecule has 11 heteroatoms. The number of carbonyl (C=O) groups excluding carboxylic acids is 2. The fourth-order valence-electron chi connectivity index (χ4n) is 5.92. The van der Waals surface area contributed by atoms with Crippen molar-refractivity contribution in [3.8, 4) is 0 Å². The lowest BCUT2D eigenvalue weighted by molar-refractivity contribution is -0.120. The lowest BCUT2D eigenvalue weighted by Crippen LogP contribution is -2.39. The van der Waals surface area contributed by atoms with Crippen molar-refractivity contribution < 1.29 is 22.4 Å². The van der Waals surface area contributed by atoms with E-state index in [9.17, 15) is 22.8 Å². The number of nitrogens with zero attached hydrogens (tertiary/aromatic N) is 1. The van der Waals surface area contributed by atoms with Gasteiger partial charge in [0.25, 0.3) is 10.0 Å². The van der Waals surface area contributed by atoms with E-state index < -0.39 is 21.7 Å². The highest BCUT2D eigenvalue weighted by Gasteiger charge is 2.24. The van der Waals surface area contributed by atoms with Gasteiger partial charge in [0, 0.05) is 49.5 Å². The minimum absolute atomic E-state index is 0.0116. The number of allylic oxidation sites excluding steroid dienone is 4. The second-order valence-corrected chi connectivity index (χ2v) is 13.6. The molecule has 3 N–H and O–H groups in total. The number of fused-ring (bicyclic) bond motifs is 2. The van der Waals surface area contributed by atoms with Crippen LogP contribution in [-0.4, -0.2) is 41.0 Å². The highest BCUT2D eigenvalue weighted by atomic mass is 32.2. The van der Waals surface area contributed by atoms with Gasteiger partial charge >= 0.3 is 11.7 Å². The van der Waals surface area contributed by atoms with Crippen molar-refractivity contribution in [3.05, 3.63) is 105 Å². The Morgan fingerprint density at radius 3 is 2.52 bits per heavy atom. The topological polar surface area (TPSA) is 138 Å². The smallest absolute Gasteiger partial charge is 0.336 e. The summed E-state index contributed by atoms with van der Waals surface area (Å²) in [6.45, 7) is 4.49. The van der Waals surface area contributed by atoms with Crippen LogP contribution in [0.5, 0.6) is 0 Å². The molecule has 2 aliphatic rings. The monoisotopic (exact) mass is 644 g/mol. The molecule has 5 rings (SSSR count). The van der Waals surface area contributed by atoms with Crippen LogP contribution in [-0.2, 0) is 27.7 Å². The Hall–Kier alpha value is -4.64. The molecule has 2 aromatic carbocycles. The summed E-state index contributed by atoms with van der Waals surface area (Å²) in [7, 11) is -0.349. The first-order valence-corrected chi connectivity index (χ1v) is 17.0. The number of urea groups is 1. The molecular formula is C35H40N4O6S. The Morgan fingerprint density at radius 2 is 1.76 bits per heavy atom. The Morgan fingerprint density at radius 1 is 0.978 bits per heavy atom. The van der Waals surface area contributed by atoms with E-state index >= 15 is 0 Å². The summed E-state index contributed by atoms with van der Waals surface area (Å²) in [5.74, 6) is -0.253. The molecule has 0 saturated heterocycles. The molecule has 1 aromatic heterocycles. The van der Waals surface area contributed by atoms with Gasteiger partial charge in [-0.2, -0.15) is 0 Å². The van der Waals surface area contributed by atoms with Crippen molar-refractivity contribution >= 4 is 38.6 Å². The number of hydrogen-bond donors (Lipinski definition) is 3. The van der Waals surface area contributed by atoms with E-state index in [4.69, 9.17) is 4.42 Å². The van der Waals surface area contributed by atoms with Crippen molar-refractivity contribution in [1.29, 1.82) is 0 Å². The third-order valence-corrected chi connectivity index (χ3v) is 9.70. The number of benzene rings is 2. The molecule has 2 aliphatic carbocycles. The number of anilines is 1. The summed E-state index contributed by atoms with van der Waals surface area (Å²) >= 11 is 0. The van der Waals surface area contributed by atoms with Gasteiger partial charge in [0.2, 0.25) is 5.91 Å². The molecule has 3 aromatic rings. The fourth-order valence-corrected chi connectivity index (χ4v) is 6.83. The number of carbonyl (C=O) groups is 2. The van der Waals surface area contributed by atoms with Gasteiger partial charge in [0.1, 0.15) is 5.58 Å². The highest BCUT2D eigenvalue weighted by molar-refractivity contribution is 7.90. The maximum Gasteiger partial charge on any atom is 0.336 e. The zero-order chi connectivity index (χ0) is 32.8. The van der Waals surface area contributed by atoms with Crippen LogP contribution in [0.15, 0.2) is 97.7 Å². The Bertz CT molecular complexity index is 1890. The van der Waals surface area contributed by atoms with Crippen LogP contribution in [0, 0.1) is 0 Å². The van der Waals surface area contributed by atoms with E-state index in [0.717, 1.165) is 67.3 Å². The minimum Gasteiger partial charge on any atom is -0.423 e. The van der Waals surface area contributed by atoms with Crippen LogP contribution >= 0.6 is 0 Å². The summed E-state index contributed by atoms with van der Waals surface area (Å²) in [6, 6.07) is 12.2. The van der Waals surface area contributed by atoms with Gasteiger partial charge in [0.05, 0.1) is 11.3 Å². The van der Waals surface area contributed by atoms with E-state index in [0.29, 0.717) is 35.2 Å².